The Morgan fingerprint density at radius 1 is 0.911 bits per heavy atom. The number of rotatable bonds is 11. The Hall–Kier alpha value is -4.53. The number of benzene rings is 3. The molecule has 0 atom stereocenters. The van der Waals surface area contributed by atoms with Crippen LogP contribution in [0.4, 0.5) is 5.69 Å². The SMILES string of the molecule is CCC(=O)c1ccc(-c2ccc(CC)cc2)c(-c2ccc3c(n2)C(=O)N(c2ccc(OCCN4CCNCC4)c(OC)c2)C3)c1. The zero-order valence-corrected chi connectivity index (χ0v) is 26.3. The van der Waals surface area contributed by atoms with E-state index in [0.29, 0.717) is 48.0 Å². The zero-order valence-electron chi connectivity index (χ0n) is 26.3. The van der Waals surface area contributed by atoms with Crippen LogP contribution in [0, 0.1) is 0 Å². The Kier molecular flexibility index (Phi) is 9.23. The highest BCUT2D eigenvalue weighted by Crippen LogP contribution is 2.37. The third kappa shape index (κ3) is 6.48. The van der Waals surface area contributed by atoms with Crippen LogP contribution in [0.25, 0.3) is 22.4 Å². The number of aryl methyl sites for hydroxylation is 1. The molecule has 0 aliphatic carbocycles. The van der Waals surface area contributed by atoms with Crippen molar-refractivity contribution in [1.82, 2.24) is 15.2 Å². The van der Waals surface area contributed by atoms with Crippen LogP contribution in [-0.4, -0.2) is 68.0 Å². The van der Waals surface area contributed by atoms with Gasteiger partial charge in [0.05, 0.1) is 19.3 Å². The number of Topliss-reactive ketones (excluding diaryl/α,β-unsaturated/α-hetero) is 1. The second-order valence-corrected chi connectivity index (χ2v) is 11.5. The second-order valence-electron chi connectivity index (χ2n) is 11.5. The van der Waals surface area contributed by atoms with Gasteiger partial charge in [-0.05, 0) is 47.4 Å². The maximum atomic E-state index is 13.8. The van der Waals surface area contributed by atoms with Crippen LogP contribution in [0.2, 0.25) is 0 Å². The highest BCUT2D eigenvalue weighted by molar-refractivity contribution is 6.09. The Balaban J connectivity index is 1.26. The molecule has 0 spiro atoms. The number of pyridine rings is 1. The highest BCUT2D eigenvalue weighted by atomic mass is 16.5. The van der Waals surface area contributed by atoms with E-state index in [2.05, 4.69) is 41.4 Å². The van der Waals surface area contributed by atoms with E-state index in [0.717, 1.165) is 67.1 Å². The van der Waals surface area contributed by atoms with Crippen molar-refractivity contribution in [3.63, 3.8) is 0 Å². The standard InChI is InChI=1S/C37H40N4O4/c1-4-25-6-8-26(9-7-25)30-13-10-27(33(42)5-2)22-31(30)32-14-11-28-24-41(37(43)36(28)39-32)29-12-15-34(35(23-29)44-3)45-21-20-40-18-16-38-17-19-40/h6-15,22-23,38H,4-5,16-21,24H2,1-3H3. The summed E-state index contributed by atoms with van der Waals surface area (Å²) < 4.78 is 11.7. The van der Waals surface area contributed by atoms with E-state index in [1.807, 2.05) is 55.5 Å². The number of carbonyl (C=O) groups is 2. The number of carbonyl (C=O) groups excluding carboxylic acids is 2. The molecule has 1 aromatic heterocycles. The highest BCUT2D eigenvalue weighted by Gasteiger charge is 2.31. The summed E-state index contributed by atoms with van der Waals surface area (Å²) in [5.41, 5.74) is 7.39. The molecule has 2 aliphatic rings. The molecule has 1 amide bonds. The second kappa shape index (κ2) is 13.6. The molecule has 232 valence electrons. The largest absolute Gasteiger partial charge is 0.493 e. The molecule has 2 aliphatic heterocycles. The molecule has 45 heavy (non-hydrogen) atoms. The number of methoxy groups -OCH3 is 1. The van der Waals surface area contributed by atoms with Crippen LogP contribution in [-0.2, 0) is 13.0 Å². The predicted octanol–water partition coefficient (Wildman–Crippen LogP) is 6.02. The number of anilines is 1. The Labute approximate surface area is 265 Å². The number of ketones is 1. The van der Waals surface area contributed by atoms with Gasteiger partial charge in [0.2, 0.25) is 0 Å². The lowest BCUT2D eigenvalue weighted by Gasteiger charge is -2.27. The molecule has 3 aromatic carbocycles. The molecule has 1 saturated heterocycles. The van der Waals surface area contributed by atoms with Crippen LogP contribution >= 0.6 is 0 Å². The normalized spacial score (nSPS) is 14.8. The van der Waals surface area contributed by atoms with Crippen molar-refractivity contribution in [2.24, 2.45) is 0 Å². The lowest BCUT2D eigenvalue weighted by molar-refractivity contribution is 0.0982. The summed E-state index contributed by atoms with van der Waals surface area (Å²) in [6.45, 7) is 9.85. The lowest BCUT2D eigenvalue weighted by Crippen LogP contribution is -2.44. The monoisotopic (exact) mass is 604 g/mol. The van der Waals surface area contributed by atoms with E-state index in [4.69, 9.17) is 14.5 Å². The molecule has 8 nitrogen and oxygen atoms in total. The molecule has 8 heteroatoms. The molecule has 0 bridgehead atoms. The van der Waals surface area contributed by atoms with Gasteiger partial charge in [-0.15, -0.1) is 0 Å². The van der Waals surface area contributed by atoms with Crippen molar-refractivity contribution in [3.05, 3.63) is 95.2 Å². The van der Waals surface area contributed by atoms with Crippen molar-refractivity contribution < 1.29 is 19.1 Å². The van der Waals surface area contributed by atoms with Crippen molar-refractivity contribution in [2.75, 3.05) is 51.3 Å². The number of hydrogen-bond acceptors (Lipinski definition) is 7. The first-order chi connectivity index (χ1) is 22.0. The number of amides is 1. The van der Waals surface area contributed by atoms with Gasteiger partial charge in [-0.25, -0.2) is 4.98 Å². The maximum absolute atomic E-state index is 13.8. The van der Waals surface area contributed by atoms with Crippen LogP contribution < -0.4 is 19.7 Å². The quantitative estimate of drug-likeness (QED) is 0.210. The fourth-order valence-electron chi connectivity index (χ4n) is 6.00. The average molecular weight is 605 g/mol. The topological polar surface area (TPSA) is 84.0 Å². The first-order valence-corrected chi connectivity index (χ1v) is 15.8. The number of aromatic nitrogens is 1. The van der Waals surface area contributed by atoms with Gasteiger partial charge in [0.25, 0.3) is 5.91 Å². The van der Waals surface area contributed by atoms with Crippen LogP contribution in [0.3, 0.4) is 0 Å². The van der Waals surface area contributed by atoms with E-state index in [1.165, 1.54) is 5.56 Å². The lowest BCUT2D eigenvalue weighted by atomic mass is 9.93. The van der Waals surface area contributed by atoms with Crippen molar-refractivity contribution >= 4 is 17.4 Å². The number of piperazine rings is 1. The minimum absolute atomic E-state index is 0.0673. The first kappa shape index (κ1) is 30.5. The molecular formula is C37H40N4O4. The van der Waals surface area contributed by atoms with Crippen molar-refractivity contribution in [3.8, 4) is 33.9 Å². The molecule has 0 saturated carbocycles. The van der Waals surface area contributed by atoms with Gasteiger partial charge in [0.1, 0.15) is 12.3 Å². The number of nitrogens with one attached hydrogen (secondary N) is 1. The third-order valence-corrected chi connectivity index (χ3v) is 8.70. The van der Waals surface area contributed by atoms with E-state index < -0.39 is 0 Å². The van der Waals surface area contributed by atoms with Gasteiger partial charge >= 0.3 is 0 Å². The van der Waals surface area contributed by atoms with E-state index >= 15 is 0 Å². The van der Waals surface area contributed by atoms with Crippen LogP contribution in [0.15, 0.2) is 72.8 Å². The van der Waals surface area contributed by atoms with Gasteiger partial charge in [0.15, 0.2) is 17.3 Å². The summed E-state index contributed by atoms with van der Waals surface area (Å²) in [6, 6.07) is 23.8. The van der Waals surface area contributed by atoms with Crippen molar-refractivity contribution in [1.29, 1.82) is 0 Å². The van der Waals surface area contributed by atoms with Gasteiger partial charge in [-0.1, -0.05) is 56.3 Å². The summed E-state index contributed by atoms with van der Waals surface area (Å²) in [7, 11) is 1.61. The molecular weight excluding hydrogens is 564 g/mol. The molecule has 4 aromatic rings. The van der Waals surface area contributed by atoms with Gasteiger partial charge in [-0.2, -0.15) is 0 Å². The Bertz CT molecular complexity index is 1700. The summed E-state index contributed by atoms with van der Waals surface area (Å²) in [6.07, 6.45) is 1.37. The van der Waals surface area contributed by atoms with E-state index in [-0.39, 0.29) is 11.7 Å². The first-order valence-electron chi connectivity index (χ1n) is 15.8. The van der Waals surface area contributed by atoms with Crippen LogP contribution in [0.5, 0.6) is 11.5 Å². The average Bonchev–Trinajstić information content (AvgIpc) is 3.43. The minimum atomic E-state index is -0.170. The fraction of sp³-hybridized carbons (Fsp3) is 0.324. The molecule has 0 radical (unpaired) electrons. The summed E-state index contributed by atoms with van der Waals surface area (Å²) in [5.74, 6) is 1.14. The van der Waals surface area contributed by atoms with E-state index in [1.54, 1.807) is 12.0 Å². The van der Waals surface area contributed by atoms with E-state index in [9.17, 15) is 9.59 Å². The van der Waals surface area contributed by atoms with Gasteiger partial charge in [-0.3, -0.25) is 14.5 Å². The third-order valence-electron chi connectivity index (χ3n) is 8.70. The Morgan fingerprint density at radius 3 is 2.44 bits per heavy atom. The summed E-state index contributed by atoms with van der Waals surface area (Å²) in [4.78, 5) is 35.5. The molecule has 1 fully saturated rings. The number of ether oxygens (including phenoxy) is 2. The van der Waals surface area contributed by atoms with Crippen molar-refractivity contribution in [2.45, 2.75) is 33.2 Å². The fourth-order valence-corrected chi connectivity index (χ4v) is 6.00. The number of nitrogens with zero attached hydrogens (tertiary/aromatic N) is 3. The van der Waals surface area contributed by atoms with Crippen LogP contribution in [0.1, 0.15) is 52.2 Å². The van der Waals surface area contributed by atoms with Gasteiger partial charge in [0, 0.05) is 67.6 Å². The summed E-state index contributed by atoms with van der Waals surface area (Å²) in [5, 5.41) is 3.37. The molecule has 3 heterocycles. The predicted molar refractivity (Wildman–Crippen MR) is 177 cm³/mol. The molecule has 6 rings (SSSR count). The summed E-state index contributed by atoms with van der Waals surface area (Å²) >= 11 is 0. The number of fused-ring (bicyclic) bond motifs is 1. The van der Waals surface area contributed by atoms with Gasteiger partial charge < -0.3 is 19.7 Å². The smallest absolute Gasteiger partial charge is 0.277 e. The zero-order chi connectivity index (χ0) is 31.3. The Morgan fingerprint density at radius 2 is 1.71 bits per heavy atom. The number of hydrogen-bond donors (Lipinski definition) is 1. The molecule has 1 N–H and O–H groups in total. The maximum Gasteiger partial charge on any atom is 0.277 e. The molecule has 0 unspecified atom stereocenters. The minimum Gasteiger partial charge on any atom is -0.493 e.